The quantitative estimate of drug-likeness (QED) is 0.406. The third-order valence-corrected chi connectivity index (χ3v) is 6.04. The van der Waals surface area contributed by atoms with Gasteiger partial charge in [0.15, 0.2) is 0 Å². The monoisotopic (exact) mass is 405 g/mol. The maximum atomic E-state index is 12.5. The van der Waals surface area contributed by atoms with E-state index in [1.54, 1.807) is 4.90 Å². The van der Waals surface area contributed by atoms with E-state index in [0.29, 0.717) is 22.4 Å². The summed E-state index contributed by atoms with van der Waals surface area (Å²) in [5.74, 6) is 0.707. The first-order valence-corrected chi connectivity index (χ1v) is 10.3. The number of amides is 1. The Hall–Kier alpha value is -2.63. The van der Waals surface area contributed by atoms with Crippen LogP contribution in [0.5, 0.6) is 5.75 Å². The van der Waals surface area contributed by atoms with Crippen LogP contribution in [0.3, 0.4) is 0 Å². The van der Waals surface area contributed by atoms with Gasteiger partial charge >= 0.3 is 0 Å². The molecule has 4 rings (SSSR count). The standard InChI is InChI=1S/C23H19NO2S2/c1-2-24-22(25)21(28-23(24)27)14-17-9-4-6-13-20(17)26-15-18-11-7-10-16-8-3-5-12-19(16)18/h3-14H,2,15H2,1H3. The molecule has 0 bridgehead atoms. The molecule has 0 saturated carbocycles. The molecule has 1 amide bonds. The summed E-state index contributed by atoms with van der Waals surface area (Å²) in [7, 11) is 0. The molecular formula is C23H19NO2S2. The van der Waals surface area contributed by atoms with Gasteiger partial charge in [-0.25, -0.2) is 0 Å². The summed E-state index contributed by atoms with van der Waals surface area (Å²) in [6, 6.07) is 22.3. The lowest BCUT2D eigenvalue weighted by molar-refractivity contribution is -0.121. The second-order valence-electron chi connectivity index (χ2n) is 6.39. The van der Waals surface area contributed by atoms with Crippen LogP contribution in [0.2, 0.25) is 0 Å². The molecule has 5 heteroatoms. The number of thiocarbonyl (C=S) groups is 1. The second kappa shape index (κ2) is 8.17. The van der Waals surface area contributed by atoms with Gasteiger partial charge in [0.05, 0.1) is 4.91 Å². The van der Waals surface area contributed by atoms with Crippen molar-refractivity contribution in [2.75, 3.05) is 6.54 Å². The Morgan fingerprint density at radius 3 is 2.61 bits per heavy atom. The minimum atomic E-state index is -0.0404. The maximum absolute atomic E-state index is 12.5. The van der Waals surface area contributed by atoms with E-state index in [0.717, 1.165) is 16.9 Å². The van der Waals surface area contributed by atoms with E-state index >= 15 is 0 Å². The number of ether oxygens (including phenoxy) is 1. The molecule has 3 aromatic rings. The molecule has 1 aliphatic heterocycles. The lowest BCUT2D eigenvalue weighted by Gasteiger charge is -2.12. The van der Waals surface area contributed by atoms with E-state index in [4.69, 9.17) is 17.0 Å². The fourth-order valence-corrected chi connectivity index (χ4v) is 4.59. The lowest BCUT2D eigenvalue weighted by Crippen LogP contribution is -2.27. The second-order valence-corrected chi connectivity index (χ2v) is 8.07. The molecule has 28 heavy (non-hydrogen) atoms. The molecule has 1 heterocycles. The smallest absolute Gasteiger partial charge is 0.266 e. The Kier molecular flexibility index (Phi) is 5.46. The molecule has 0 spiro atoms. The summed E-state index contributed by atoms with van der Waals surface area (Å²) in [6.07, 6.45) is 1.87. The van der Waals surface area contributed by atoms with Crippen molar-refractivity contribution in [1.82, 2.24) is 4.90 Å². The lowest BCUT2D eigenvalue weighted by atomic mass is 10.1. The minimum absolute atomic E-state index is 0.0404. The molecule has 0 atom stereocenters. The zero-order valence-electron chi connectivity index (χ0n) is 15.4. The molecule has 1 saturated heterocycles. The van der Waals surface area contributed by atoms with Crippen LogP contribution in [0.25, 0.3) is 16.8 Å². The Bertz CT molecular complexity index is 1090. The average molecular weight is 406 g/mol. The third kappa shape index (κ3) is 3.68. The van der Waals surface area contributed by atoms with E-state index in [9.17, 15) is 4.79 Å². The van der Waals surface area contributed by atoms with Gasteiger partial charge in [-0.05, 0) is 35.4 Å². The molecule has 3 aromatic carbocycles. The molecular weight excluding hydrogens is 386 g/mol. The first-order valence-electron chi connectivity index (χ1n) is 9.11. The van der Waals surface area contributed by atoms with E-state index < -0.39 is 0 Å². The molecule has 1 fully saturated rings. The number of likely N-dealkylation sites (N-methyl/N-ethyl adjacent to an activating group) is 1. The fourth-order valence-electron chi connectivity index (χ4n) is 3.22. The van der Waals surface area contributed by atoms with Crippen molar-refractivity contribution in [1.29, 1.82) is 0 Å². The van der Waals surface area contributed by atoms with E-state index in [1.165, 1.54) is 22.5 Å². The summed E-state index contributed by atoms with van der Waals surface area (Å²) in [6.45, 7) is 2.97. The van der Waals surface area contributed by atoms with Crippen molar-refractivity contribution in [2.45, 2.75) is 13.5 Å². The van der Waals surface area contributed by atoms with Crippen molar-refractivity contribution < 1.29 is 9.53 Å². The van der Waals surface area contributed by atoms with E-state index in [-0.39, 0.29) is 5.91 Å². The number of thioether (sulfide) groups is 1. The van der Waals surface area contributed by atoms with Crippen LogP contribution in [0.15, 0.2) is 71.6 Å². The number of benzene rings is 3. The van der Waals surface area contributed by atoms with Crippen LogP contribution in [0, 0.1) is 0 Å². The van der Waals surface area contributed by atoms with Crippen LogP contribution in [0.4, 0.5) is 0 Å². The van der Waals surface area contributed by atoms with Crippen LogP contribution in [-0.4, -0.2) is 21.7 Å². The highest BCUT2D eigenvalue weighted by atomic mass is 32.2. The number of carbonyl (C=O) groups excluding carboxylic acids is 1. The van der Waals surface area contributed by atoms with Crippen molar-refractivity contribution >= 4 is 51.1 Å². The number of carbonyl (C=O) groups is 1. The molecule has 0 aliphatic carbocycles. The summed E-state index contributed by atoms with van der Waals surface area (Å²) < 4.78 is 6.75. The SMILES string of the molecule is CCN1C(=O)C(=Cc2ccccc2OCc2cccc3ccccc23)SC1=S. The summed E-state index contributed by atoms with van der Waals surface area (Å²) in [5, 5.41) is 2.38. The third-order valence-electron chi connectivity index (χ3n) is 4.66. The summed E-state index contributed by atoms with van der Waals surface area (Å²) >= 11 is 6.64. The average Bonchev–Trinajstić information content (AvgIpc) is 2.99. The fraction of sp³-hybridized carbons (Fsp3) is 0.130. The van der Waals surface area contributed by atoms with Gasteiger partial charge < -0.3 is 4.74 Å². The van der Waals surface area contributed by atoms with Gasteiger partial charge in [0.1, 0.15) is 16.7 Å². The first-order chi connectivity index (χ1) is 13.7. The number of para-hydroxylation sites is 1. The number of hydrogen-bond donors (Lipinski definition) is 0. The maximum Gasteiger partial charge on any atom is 0.266 e. The number of hydrogen-bond acceptors (Lipinski definition) is 4. The van der Waals surface area contributed by atoms with Gasteiger partial charge in [0.25, 0.3) is 5.91 Å². The van der Waals surface area contributed by atoms with Gasteiger partial charge in [0.2, 0.25) is 0 Å². The number of fused-ring (bicyclic) bond motifs is 1. The van der Waals surface area contributed by atoms with E-state index in [1.807, 2.05) is 55.5 Å². The topological polar surface area (TPSA) is 29.5 Å². The molecule has 0 N–H and O–H groups in total. The zero-order valence-corrected chi connectivity index (χ0v) is 17.1. The van der Waals surface area contributed by atoms with Crippen molar-refractivity contribution in [3.63, 3.8) is 0 Å². The Balaban J connectivity index is 1.60. The van der Waals surface area contributed by atoms with Gasteiger partial charge in [-0.1, -0.05) is 84.6 Å². The van der Waals surface area contributed by atoms with E-state index in [2.05, 4.69) is 24.3 Å². The van der Waals surface area contributed by atoms with Gasteiger partial charge in [-0.2, -0.15) is 0 Å². The highest BCUT2D eigenvalue weighted by Gasteiger charge is 2.30. The first kappa shape index (κ1) is 18.7. The minimum Gasteiger partial charge on any atom is -0.488 e. The van der Waals surface area contributed by atoms with Gasteiger partial charge in [-0.3, -0.25) is 9.69 Å². The van der Waals surface area contributed by atoms with Crippen molar-refractivity contribution in [3.8, 4) is 5.75 Å². The number of nitrogens with zero attached hydrogens (tertiary/aromatic N) is 1. The Morgan fingerprint density at radius 1 is 1.04 bits per heavy atom. The zero-order chi connectivity index (χ0) is 19.5. The molecule has 140 valence electrons. The predicted molar refractivity (Wildman–Crippen MR) is 120 cm³/mol. The van der Waals surface area contributed by atoms with Crippen LogP contribution < -0.4 is 4.74 Å². The van der Waals surface area contributed by atoms with Crippen LogP contribution in [-0.2, 0) is 11.4 Å². The summed E-state index contributed by atoms with van der Waals surface area (Å²) in [4.78, 5) is 14.7. The summed E-state index contributed by atoms with van der Waals surface area (Å²) in [5.41, 5.74) is 2.00. The molecule has 0 radical (unpaired) electrons. The Labute approximate surface area is 174 Å². The largest absolute Gasteiger partial charge is 0.488 e. The molecule has 0 aromatic heterocycles. The van der Waals surface area contributed by atoms with Crippen LogP contribution in [0.1, 0.15) is 18.1 Å². The molecule has 3 nitrogen and oxygen atoms in total. The van der Waals surface area contributed by atoms with Gasteiger partial charge in [-0.15, -0.1) is 0 Å². The molecule has 1 aliphatic rings. The molecule has 0 unspecified atom stereocenters. The Morgan fingerprint density at radius 2 is 1.79 bits per heavy atom. The predicted octanol–water partition coefficient (Wildman–Crippen LogP) is 5.64. The highest BCUT2D eigenvalue weighted by Crippen LogP contribution is 2.34. The number of rotatable bonds is 5. The normalized spacial score (nSPS) is 15.6. The van der Waals surface area contributed by atoms with Gasteiger partial charge in [0, 0.05) is 12.1 Å². The van der Waals surface area contributed by atoms with Crippen LogP contribution >= 0.6 is 24.0 Å². The highest BCUT2D eigenvalue weighted by molar-refractivity contribution is 8.26. The van der Waals surface area contributed by atoms with Crippen molar-refractivity contribution in [3.05, 3.63) is 82.8 Å². The van der Waals surface area contributed by atoms with Crippen molar-refractivity contribution in [2.24, 2.45) is 0 Å².